The summed E-state index contributed by atoms with van der Waals surface area (Å²) in [5, 5.41) is 0.716. The highest BCUT2D eigenvalue weighted by Gasteiger charge is 2.38. The quantitative estimate of drug-likeness (QED) is 0.721. The van der Waals surface area contributed by atoms with Gasteiger partial charge < -0.3 is 14.4 Å². The number of rotatable bonds is 0. The van der Waals surface area contributed by atoms with Crippen molar-refractivity contribution in [2.45, 2.75) is 25.9 Å². The van der Waals surface area contributed by atoms with Crippen molar-refractivity contribution in [2.24, 2.45) is 7.05 Å². The van der Waals surface area contributed by atoms with Gasteiger partial charge in [-0.1, -0.05) is 0 Å². The summed E-state index contributed by atoms with van der Waals surface area (Å²) in [5.74, 6) is -0.410. The molecule has 2 unspecified atom stereocenters. The Kier molecular flexibility index (Phi) is 3.54. The molecule has 0 amide bonds. The fraction of sp³-hybridized carbons (Fsp3) is 0.556. The van der Waals surface area contributed by atoms with Crippen molar-refractivity contribution in [3.05, 3.63) is 28.1 Å². The van der Waals surface area contributed by atoms with Crippen molar-refractivity contribution in [3.63, 3.8) is 0 Å². The third-order valence-electron chi connectivity index (χ3n) is 5.80. The number of aromatic nitrogens is 2. The van der Waals surface area contributed by atoms with Crippen LogP contribution >= 0.6 is 0 Å². The summed E-state index contributed by atoms with van der Waals surface area (Å²) in [7, 11) is 5.71. The Hall–Kier alpha value is -2.15. The molecule has 0 aliphatic carbocycles. The number of aryl methyl sites for hydroxylation is 2. The van der Waals surface area contributed by atoms with Gasteiger partial charge in [-0.3, -0.25) is 14.7 Å². The van der Waals surface area contributed by atoms with Crippen molar-refractivity contribution in [1.29, 1.82) is 0 Å². The maximum atomic E-state index is 14.8. The van der Waals surface area contributed by atoms with Crippen molar-refractivity contribution in [1.82, 2.24) is 14.5 Å². The second-order valence-corrected chi connectivity index (χ2v) is 7.46. The van der Waals surface area contributed by atoms with Crippen molar-refractivity contribution in [2.75, 3.05) is 43.5 Å². The lowest BCUT2D eigenvalue weighted by molar-refractivity contribution is 0.199. The average Bonchev–Trinajstić information content (AvgIpc) is 2.56. The summed E-state index contributed by atoms with van der Waals surface area (Å²) in [6, 6.07) is 0.647. The van der Waals surface area contributed by atoms with Crippen LogP contribution in [-0.4, -0.2) is 60.3 Å². The van der Waals surface area contributed by atoms with Gasteiger partial charge in [-0.15, -0.1) is 0 Å². The monoisotopic (exact) mass is 345 g/mol. The molecule has 25 heavy (non-hydrogen) atoms. The van der Waals surface area contributed by atoms with Crippen LogP contribution in [0.15, 0.2) is 11.0 Å². The Balaban J connectivity index is 2.07. The highest BCUT2D eigenvalue weighted by molar-refractivity contribution is 5.99. The predicted molar refractivity (Wildman–Crippen MR) is 98.2 cm³/mol. The predicted octanol–water partition coefficient (Wildman–Crippen LogP) is 1.34. The first-order valence-electron chi connectivity index (χ1n) is 8.67. The molecular formula is C18H24FN5O. The lowest BCUT2D eigenvalue weighted by Gasteiger charge is -2.50. The minimum atomic E-state index is -0.410. The molecule has 2 aromatic rings. The van der Waals surface area contributed by atoms with Crippen LogP contribution < -0.4 is 15.4 Å². The molecule has 2 aromatic heterocycles. The topological polar surface area (TPSA) is 44.6 Å². The van der Waals surface area contributed by atoms with Crippen molar-refractivity contribution < 1.29 is 4.39 Å². The van der Waals surface area contributed by atoms with E-state index in [-0.39, 0.29) is 11.6 Å². The Bertz CT molecular complexity index is 924. The number of halogens is 1. The molecule has 4 heterocycles. The van der Waals surface area contributed by atoms with E-state index in [1.807, 2.05) is 11.9 Å². The highest BCUT2D eigenvalue weighted by Crippen LogP contribution is 2.40. The number of nitrogens with zero attached hydrogens (tertiary/aromatic N) is 5. The SMILES string of the molecule is Cc1ncc2c3c(c(=O)n(C)c2c1F)N(C)CC1CN(C)C(C)CN31. The van der Waals surface area contributed by atoms with Gasteiger partial charge in [0.05, 0.1) is 22.9 Å². The number of pyridine rings is 2. The van der Waals surface area contributed by atoms with Crippen LogP contribution in [0.4, 0.5) is 15.8 Å². The Morgan fingerprint density at radius 3 is 2.60 bits per heavy atom. The zero-order valence-corrected chi connectivity index (χ0v) is 15.4. The molecule has 0 radical (unpaired) electrons. The van der Waals surface area contributed by atoms with Crippen LogP contribution in [0.2, 0.25) is 0 Å². The van der Waals surface area contributed by atoms with E-state index in [9.17, 15) is 9.18 Å². The van der Waals surface area contributed by atoms with Gasteiger partial charge in [-0.05, 0) is 20.9 Å². The molecular weight excluding hydrogens is 321 g/mol. The summed E-state index contributed by atoms with van der Waals surface area (Å²) < 4.78 is 16.2. The second kappa shape index (κ2) is 5.42. The van der Waals surface area contributed by atoms with Gasteiger partial charge >= 0.3 is 0 Å². The normalized spacial score (nSPS) is 23.8. The molecule has 0 N–H and O–H groups in total. The van der Waals surface area contributed by atoms with E-state index in [2.05, 4.69) is 28.8 Å². The van der Waals surface area contributed by atoms with Gasteiger partial charge in [0, 0.05) is 51.4 Å². The summed E-state index contributed by atoms with van der Waals surface area (Å²) in [4.78, 5) is 23.9. The number of hydrogen-bond acceptors (Lipinski definition) is 5. The maximum Gasteiger partial charge on any atom is 0.276 e. The summed E-state index contributed by atoms with van der Waals surface area (Å²) >= 11 is 0. The van der Waals surface area contributed by atoms with Gasteiger partial charge in [0.2, 0.25) is 0 Å². The number of anilines is 2. The first-order chi connectivity index (χ1) is 11.8. The molecule has 0 bridgehead atoms. The van der Waals surface area contributed by atoms with Crippen LogP contribution in [0.3, 0.4) is 0 Å². The first kappa shape index (κ1) is 16.3. The minimum absolute atomic E-state index is 0.153. The molecule has 1 fully saturated rings. The number of fused-ring (bicyclic) bond motifs is 5. The smallest absolute Gasteiger partial charge is 0.276 e. The fourth-order valence-corrected chi connectivity index (χ4v) is 4.22. The van der Waals surface area contributed by atoms with E-state index in [4.69, 9.17) is 0 Å². The maximum absolute atomic E-state index is 14.8. The molecule has 0 aromatic carbocycles. The van der Waals surface area contributed by atoms with E-state index < -0.39 is 5.82 Å². The molecule has 7 heteroatoms. The lowest BCUT2D eigenvalue weighted by atomic mass is 10.00. The number of likely N-dealkylation sites (N-methyl/N-ethyl adjacent to an activating group) is 2. The highest BCUT2D eigenvalue weighted by atomic mass is 19.1. The van der Waals surface area contributed by atoms with Gasteiger partial charge in [-0.25, -0.2) is 4.39 Å². The number of hydrogen-bond donors (Lipinski definition) is 0. The third-order valence-corrected chi connectivity index (χ3v) is 5.80. The van der Waals surface area contributed by atoms with E-state index >= 15 is 0 Å². The zero-order chi connectivity index (χ0) is 18.0. The van der Waals surface area contributed by atoms with E-state index in [0.29, 0.717) is 28.3 Å². The van der Waals surface area contributed by atoms with Gasteiger partial charge in [0.25, 0.3) is 5.56 Å². The average molecular weight is 345 g/mol. The molecule has 2 aliphatic rings. The minimum Gasteiger partial charge on any atom is -0.366 e. The van der Waals surface area contributed by atoms with E-state index in [1.165, 1.54) is 4.57 Å². The molecule has 2 aliphatic heterocycles. The van der Waals surface area contributed by atoms with Crippen molar-refractivity contribution in [3.8, 4) is 0 Å². The Morgan fingerprint density at radius 2 is 1.88 bits per heavy atom. The molecule has 0 spiro atoms. The Morgan fingerprint density at radius 1 is 1.16 bits per heavy atom. The van der Waals surface area contributed by atoms with Crippen LogP contribution in [-0.2, 0) is 7.05 Å². The molecule has 1 saturated heterocycles. The second-order valence-electron chi connectivity index (χ2n) is 7.46. The summed E-state index contributed by atoms with van der Waals surface area (Å²) in [5.41, 5.74) is 1.99. The van der Waals surface area contributed by atoms with Crippen LogP contribution in [0.5, 0.6) is 0 Å². The molecule has 134 valence electrons. The van der Waals surface area contributed by atoms with Crippen LogP contribution in [0, 0.1) is 12.7 Å². The van der Waals surface area contributed by atoms with Gasteiger partial charge in [0.15, 0.2) is 5.82 Å². The van der Waals surface area contributed by atoms with E-state index in [1.54, 1.807) is 20.2 Å². The van der Waals surface area contributed by atoms with Crippen LogP contribution in [0.1, 0.15) is 12.6 Å². The van der Waals surface area contributed by atoms with Gasteiger partial charge in [0.1, 0.15) is 5.69 Å². The summed E-state index contributed by atoms with van der Waals surface area (Å²) in [6.45, 7) is 6.34. The summed E-state index contributed by atoms with van der Waals surface area (Å²) in [6.07, 6.45) is 1.71. The fourth-order valence-electron chi connectivity index (χ4n) is 4.22. The first-order valence-corrected chi connectivity index (χ1v) is 8.67. The van der Waals surface area contributed by atoms with Crippen LogP contribution in [0.25, 0.3) is 10.9 Å². The number of piperazine rings is 1. The zero-order valence-electron chi connectivity index (χ0n) is 15.4. The molecule has 2 atom stereocenters. The van der Waals surface area contributed by atoms with Crippen molar-refractivity contribution >= 4 is 22.3 Å². The van der Waals surface area contributed by atoms with Gasteiger partial charge in [-0.2, -0.15) is 0 Å². The lowest BCUT2D eigenvalue weighted by Crippen LogP contribution is -2.62. The standard InChI is InChI=1S/C18H24FN5O/c1-10-7-24-12(8-21(10)3)9-22(4)17-16(24)13-6-20-11(2)14(19)15(13)23(5)18(17)25/h6,10,12H,7-9H2,1-5H3. The van der Waals surface area contributed by atoms with E-state index in [0.717, 1.165) is 25.3 Å². The third kappa shape index (κ3) is 2.18. The Labute approximate surface area is 146 Å². The molecule has 4 rings (SSSR count). The largest absolute Gasteiger partial charge is 0.366 e. The molecule has 6 nitrogen and oxygen atoms in total. The molecule has 0 saturated carbocycles.